The van der Waals surface area contributed by atoms with Crippen LogP contribution in [0.1, 0.15) is 97.8 Å². The predicted octanol–water partition coefficient (Wildman–Crippen LogP) is 6.54. The molecule has 0 spiro atoms. The van der Waals surface area contributed by atoms with Gasteiger partial charge in [-0.1, -0.05) is 33.6 Å². The summed E-state index contributed by atoms with van der Waals surface area (Å²) in [5, 5.41) is 9.09. The zero-order valence-corrected chi connectivity index (χ0v) is 17.3. The van der Waals surface area contributed by atoms with E-state index in [9.17, 15) is 4.79 Å². The molecule has 0 aromatic carbocycles. The fourth-order valence-corrected chi connectivity index (χ4v) is 8.82. The first-order valence-corrected chi connectivity index (χ1v) is 11.6. The van der Waals surface area contributed by atoms with E-state index in [-0.39, 0.29) is 0 Å². The van der Waals surface area contributed by atoms with Gasteiger partial charge in [0.05, 0.1) is 0 Å². The summed E-state index contributed by atoms with van der Waals surface area (Å²) < 4.78 is 0. The number of carboxylic acids is 1. The molecule has 26 heavy (non-hydrogen) atoms. The normalized spacial score (nSPS) is 49.0. The second-order valence-electron chi connectivity index (χ2n) is 11.0. The molecule has 1 N–H and O–H groups in total. The molecule has 0 aromatic rings. The summed E-state index contributed by atoms with van der Waals surface area (Å²) in [6.07, 6.45) is 15.7. The number of aliphatic carboxylic acids is 1. The number of carboxylic acid groups (broad SMARTS) is 1. The number of carbonyl (C=O) groups is 1. The Labute approximate surface area is 160 Å². The van der Waals surface area contributed by atoms with Crippen LogP contribution in [-0.4, -0.2) is 11.1 Å². The standard InChI is InChI=1S/C24H40O2/c1-16(7-12-22(25)26)19-10-11-20-18-9-8-17-6-4-5-14-23(17,2)21(18)13-15-24(19,20)3/h16-21H,4-15H2,1-3H3,(H,25,26)/t16-,17-,18+,19+,20-,21+,23-,24+/m0/s1. The summed E-state index contributed by atoms with van der Waals surface area (Å²) in [6.45, 7) is 7.60. The zero-order chi connectivity index (χ0) is 18.5. The quantitative estimate of drug-likeness (QED) is 0.618. The van der Waals surface area contributed by atoms with Crippen LogP contribution in [0, 0.1) is 46.3 Å². The van der Waals surface area contributed by atoms with E-state index < -0.39 is 5.97 Å². The summed E-state index contributed by atoms with van der Waals surface area (Å²) >= 11 is 0. The molecule has 0 saturated heterocycles. The van der Waals surface area contributed by atoms with E-state index in [1.54, 1.807) is 0 Å². The maximum Gasteiger partial charge on any atom is 0.303 e. The molecule has 4 aliphatic carbocycles. The average Bonchev–Trinajstić information content (AvgIpc) is 2.96. The second-order valence-corrected chi connectivity index (χ2v) is 11.0. The molecule has 4 aliphatic rings. The lowest BCUT2D eigenvalue weighted by Gasteiger charge is -2.61. The molecule has 2 heteroatoms. The highest BCUT2D eigenvalue weighted by Crippen LogP contribution is 2.68. The first-order valence-electron chi connectivity index (χ1n) is 11.6. The van der Waals surface area contributed by atoms with Gasteiger partial charge in [-0.2, -0.15) is 0 Å². The van der Waals surface area contributed by atoms with Crippen LogP contribution >= 0.6 is 0 Å². The minimum Gasteiger partial charge on any atom is -0.481 e. The fraction of sp³-hybridized carbons (Fsp3) is 0.958. The van der Waals surface area contributed by atoms with Gasteiger partial charge >= 0.3 is 5.97 Å². The first-order chi connectivity index (χ1) is 12.4. The van der Waals surface area contributed by atoms with Crippen LogP contribution in [-0.2, 0) is 4.79 Å². The van der Waals surface area contributed by atoms with Crippen LogP contribution in [0.2, 0.25) is 0 Å². The smallest absolute Gasteiger partial charge is 0.303 e. The van der Waals surface area contributed by atoms with Crippen molar-refractivity contribution in [3.63, 3.8) is 0 Å². The Morgan fingerprint density at radius 2 is 1.73 bits per heavy atom. The van der Waals surface area contributed by atoms with Gasteiger partial charge in [0.15, 0.2) is 0 Å². The fourth-order valence-electron chi connectivity index (χ4n) is 8.82. The third-order valence-electron chi connectivity index (χ3n) is 10.2. The molecule has 4 fully saturated rings. The number of hydrogen-bond donors (Lipinski definition) is 1. The summed E-state index contributed by atoms with van der Waals surface area (Å²) in [5.41, 5.74) is 1.12. The molecule has 0 unspecified atom stereocenters. The number of rotatable bonds is 4. The molecule has 0 aromatic heterocycles. The topological polar surface area (TPSA) is 37.3 Å². The molecule has 148 valence electrons. The van der Waals surface area contributed by atoms with Gasteiger partial charge in [0.25, 0.3) is 0 Å². The van der Waals surface area contributed by atoms with Crippen LogP contribution in [0.3, 0.4) is 0 Å². The van der Waals surface area contributed by atoms with Crippen LogP contribution in [0.25, 0.3) is 0 Å². The van der Waals surface area contributed by atoms with E-state index in [4.69, 9.17) is 5.11 Å². The van der Waals surface area contributed by atoms with Crippen LogP contribution in [0.15, 0.2) is 0 Å². The van der Waals surface area contributed by atoms with E-state index in [1.807, 2.05) is 0 Å². The van der Waals surface area contributed by atoms with E-state index >= 15 is 0 Å². The average molecular weight is 361 g/mol. The number of fused-ring (bicyclic) bond motifs is 5. The Balaban J connectivity index is 1.52. The highest BCUT2D eigenvalue weighted by atomic mass is 16.4. The summed E-state index contributed by atoms with van der Waals surface area (Å²) in [4.78, 5) is 11.0. The molecular weight excluding hydrogens is 320 g/mol. The molecular formula is C24H40O2. The lowest BCUT2D eigenvalue weighted by molar-refractivity contribution is -0.137. The summed E-state index contributed by atoms with van der Waals surface area (Å²) in [5.74, 6) is 4.57. The molecule has 4 rings (SSSR count). The molecule has 0 heterocycles. The Kier molecular flexibility index (Phi) is 4.93. The third-order valence-corrected chi connectivity index (χ3v) is 10.2. The Bertz CT molecular complexity index is 542. The Hall–Kier alpha value is -0.530. The minimum absolute atomic E-state index is 0.351. The Morgan fingerprint density at radius 1 is 0.962 bits per heavy atom. The number of hydrogen-bond acceptors (Lipinski definition) is 1. The van der Waals surface area contributed by atoms with Crippen molar-refractivity contribution in [2.75, 3.05) is 0 Å². The van der Waals surface area contributed by atoms with Gasteiger partial charge in [-0.3, -0.25) is 4.79 Å². The molecule has 0 amide bonds. The molecule has 0 radical (unpaired) electrons. The Morgan fingerprint density at radius 3 is 2.50 bits per heavy atom. The van der Waals surface area contributed by atoms with E-state index in [0.717, 1.165) is 36.0 Å². The molecule has 4 saturated carbocycles. The lowest BCUT2D eigenvalue weighted by atomic mass is 9.44. The van der Waals surface area contributed by atoms with Crippen LogP contribution < -0.4 is 0 Å². The van der Waals surface area contributed by atoms with Crippen LogP contribution in [0.4, 0.5) is 0 Å². The predicted molar refractivity (Wildman–Crippen MR) is 106 cm³/mol. The maximum atomic E-state index is 11.0. The van der Waals surface area contributed by atoms with Crippen LogP contribution in [0.5, 0.6) is 0 Å². The van der Waals surface area contributed by atoms with Gasteiger partial charge in [-0.15, -0.1) is 0 Å². The highest BCUT2D eigenvalue weighted by Gasteiger charge is 2.60. The van der Waals surface area contributed by atoms with Crippen molar-refractivity contribution < 1.29 is 9.90 Å². The largest absolute Gasteiger partial charge is 0.481 e. The van der Waals surface area contributed by atoms with Crippen molar-refractivity contribution >= 4 is 5.97 Å². The monoisotopic (exact) mass is 360 g/mol. The van der Waals surface area contributed by atoms with Gasteiger partial charge < -0.3 is 5.11 Å². The lowest BCUT2D eigenvalue weighted by Crippen LogP contribution is -2.53. The third kappa shape index (κ3) is 2.85. The second kappa shape index (κ2) is 6.82. The first kappa shape index (κ1) is 18.8. The van der Waals surface area contributed by atoms with Crippen molar-refractivity contribution in [2.24, 2.45) is 46.3 Å². The molecule has 0 aliphatic heterocycles. The van der Waals surface area contributed by atoms with Crippen molar-refractivity contribution in [1.82, 2.24) is 0 Å². The highest BCUT2D eigenvalue weighted by molar-refractivity contribution is 5.66. The zero-order valence-electron chi connectivity index (χ0n) is 17.3. The van der Waals surface area contributed by atoms with Gasteiger partial charge in [0.1, 0.15) is 0 Å². The van der Waals surface area contributed by atoms with Gasteiger partial charge in [-0.05, 0) is 104 Å². The molecule has 2 nitrogen and oxygen atoms in total. The minimum atomic E-state index is -0.621. The summed E-state index contributed by atoms with van der Waals surface area (Å²) in [6, 6.07) is 0. The maximum absolute atomic E-state index is 11.0. The van der Waals surface area contributed by atoms with Crippen molar-refractivity contribution in [1.29, 1.82) is 0 Å². The van der Waals surface area contributed by atoms with Crippen molar-refractivity contribution in [3.05, 3.63) is 0 Å². The van der Waals surface area contributed by atoms with E-state index in [1.165, 1.54) is 64.2 Å². The van der Waals surface area contributed by atoms with Gasteiger partial charge in [-0.25, -0.2) is 0 Å². The van der Waals surface area contributed by atoms with E-state index in [0.29, 0.717) is 23.2 Å². The SMILES string of the molecule is C[C@@H](CCC(=O)O)[C@H]1CC[C@H]2[C@H]3CC[C@@H]4CCCC[C@]4(C)[C@@H]3CC[C@]12C. The van der Waals surface area contributed by atoms with E-state index in [2.05, 4.69) is 20.8 Å². The summed E-state index contributed by atoms with van der Waals surface area (Å²) in [7, 11) is 0. The van der Waals surface area contributed by atoms with Gasteiger partial charge in [0, 0.05) is 6.42 Å². The van der Waals surface area contributed by atoms with Crippen molar-refractivity contribution in [3.8, 4) is 0 Å². The molecule has 8 atom stereocenters. The van der Waals surface area contributed by atoms with Crippen molar-refractivity contribution in [2.45, 2.75) is 97.8 Å². The molecule has 0 bridgehead atoms. The van der Waals surface area contributed by atoms with Gasteiger partial charge in [0.2, 0.25) is 0 Å².